The van der Waals surface area contributed by atoms with Crippen molar-refractivity contribution in [2.45, 2.75) is 32.7 Å². The largest absolute Gasteiger partial charge is 0.384 e. The summed E-state index contributed by atoms with van der Waals surface area (Å²) in [4.78, 5) is 16.1. The Labute approximate surface area is 107 Å². The Morgan fingerprint density at radius 3 is 3.06 bits per heavy atom. The van der Waals surface area contributed by atoms with Crippen molar-refractivity contribution in [3.63, 3.8) is 0 Å². The van der Waals surface area contributed by atoms with Gasteiger partial charge in [-0.25, -0.2) is 4.98 Å². The molecular formula is C14H18N2O2. The van der Waals surface area contributed by atoms with Gasteiger partial charge in [0.15, 0.2) is 0 Å². The van der Waals surface area contributed by atoms with Gasteiger partial charge in [0.25, 0.3) is 5.91 Å². The van der Waals surface area contributed by atoms with Gasteiger partial charge in [0.1, 0.15) is 12.3 Å². The maximum absolute atomic E-state index is 12.0. The van der Waals surface area contributed by atoms with E-state index in [1.54, 1.807) is 18.3 Å². The molecule has 0 aliphatic heterocycles. The number of pyridine rings is 1. The topological polar surface area (TPSA) is 62.2 Å². The number of aromatic nitrogens is 1. The minimum atomic E-state index is -0.234. The number of hydrogen-bond acceptors (Lipinski definition) is 3. The van der Waals surface area contributed by atoms with E-state index in [0.717, 1.165) is 12.8 Å². The summed E-state index contributed by atoms with van der Waals surface area (Å²) in [6.45, 7) is 3.80. The first kappa shape index (κ1) is 14.2. The molecule has 0 aliphatic carbocycles. The Bertz CT molecular complexity index is 460. The molecule has 0 saturated carbocycles. The fraction of sp³-hybridized carbons (Fsp3) is 0.429. The molecule has 1 amide bonds. The van der Waals surface area contributed by atoms with Gasteiger partial charge >= 0.3 is 0 Å². The Kier molecular flexibility index (Phi) is 5.89. The Morgan fingerprint density at radius 1 is 1.61 bits per heavy atom. The third-order valence-electron chi connectivity index (χ3n) is 2.42. The van der Waals surface area contributed by atoms with Crippen LogP contribution in [0.1, 0.15) is 42.7 Å². The van der Waals surface area contributed by atoms with Crippen molar-refractivity contribution < 1.29 is 9.90 Å². The third kappa shape index (κ3) is 4.19. The van der Waals surface area contributed by atoms with E-state index in [1.165, 1.54) is 0 Å². The zero-order chi connectivity index (χ0) is 13.4. The summed E-state index contributed by atoms with van der Waals surface area (Å²) in [7, 11) is 0. The van der Waals surface area contributed by atoms with Crippen molar-refractivity contribution in [2.75, 3.05) is 6.61 Å². The second-order valence-electron chi connectivity index (χ2n) is 4.02. The zero-order valence-corrected chi connectivity index (χ0v) is 10.7. The highest BCUT2D eigenvalue weighted by molar-refractivity contribution is 5.94. The second kappa shape index (κ2) is 7.46. The lowest BCUT2D eigenvalue weighted by Crippen LogP contribution is -2.33. The fourth-order valence-electron chi connectivity index (χ4n) is 1.62. The van der Waals surface area contributed by atoms with E-state index in [4.69, 9.17) is 5.11 Å². The van der Waals surface area contributed by atoms with Crippen LogP contribution in [0, 0.1) is 11.8 Å². The van der Waals surface area contributed by atoms with Gasteiger partial charge in [-0.3, -0.25) is 4.79 Å². The quantitative estimate of drug-likeness (QED) is 0.788. The minimum absolute atomic E-state index is 0.114. The highest BCUT2D eigenvalue weighted by atomic mass is 16.2. The SMILES string of the molecule is CCCC(C)NC(=O)c1ncccc1C#CCO. The molecule has 96 valence electrons. The van der Waals surface area contributed by atoms with Crippen molar-refractivity contribution in [2.24, 2.45) is 0 Å². The first-order valence-corrected chi connectivity index (χ1v) is 6.04. The van der Waals surface area contributed by atoms with Gasteiger partial charge in [-0.05, 0) is 25.5 Å². The molecule has 1 aromatic heterocycles. The summed E-state index contributed by atoms with van der Waals surface area (Å²) in [6, 6.07) is 3.55. The van der Waals surface area contributed by atoms with Gasteiger partial charge in [-0.1, -0.05) is 25.2 Å². The lowest BCUT2D eigenvalue weighted by molar-refractivity contribution is 0.0933. The monoisotopic (exact) mass is 246 g/mol. The summed E-state index contributed by atoms with van der Waals surface area (Å²) in [6.07, 6.45) is 3.50. The Morgan fingerprint density at radius 2 is 2.39 bits per heavy atom. The number of hydrogen-bond donors (Lipinski definition) is 2. The summed E-state index contributed by atoms with van der Waals surface area (Å²) in [5.74, 6) is 5.03. The normalized spacial score (nSPS) is 11.3. The average molecular weight is 246 g/mol. The van der Waals surface area contributed by atoms with E-state index in [2.05, 4.69) is 29.1 Å². The van der Waals surface area contributed by atoms with E-state index < -0.39 is 0 Å². The van der Waals surface area contributed by atoms with Crippen LogP contribution in [-0.4, -0.2) is 28.6 Å². The number of carbonyl (C=O) groups excluding carboxylic acids is 1. The first-order valence-electron chi connectivity index (χ1n) is 6.04. The molecule has 4 heteroatoms. The number of nitrogens with one attached hydrogen (secondary N) is 1. The van der Waals surface area contributed by atoms with Crippen molar-refractivity contribution in [3.8, 4) is 11.8 Å². The Balaban J connectivity index is 2.85. The van der Waals surface area contributed by atoms with Crippen LogP contribution in [0.15, 0.2) is 18.3 Å². The maximum atomic E-state index is 12.0. The molecule has 4 nitrogen and oxygen atoms in total. The van der Waals surface area contributed by atoms with Gasteiger partial charge < -0.3 is 10.4 Å². The number of rotatable bonds is 4. The van der Waals surface area contributed by atoms with Crippen LogP contribution in [0.2, 0.25) is 0 Å². The fourth-order valence-corrected chi connectivity index (χ4v) is 1.62. The summed E-state index contributed by atoms with van der Waals surface area (Å²) in [5, 5.41) is 11.6. The van der Waals surface area contributed by atoms with Gasteiger partial charge in [0.2, 0.25) is 0 Å². The predicted octanol–water partition coefficient (Wildman–Crippen LogP) is 1.34. The van der Waals surface area contributed by atoms with Crippen LogP contribution in [0.5, 0.6) is 0 Å². The van der Waals surface area contributed by atoms with Gasteiger partial charge in [-0.15, -0.1) is 0 Å². The highest BCUT2D eigenvalue weighted by Gasteiger charge is 2.13. The summed E-state index contributed by atoms with van der Waals surface area (Å²) >= 11 is 0. The molecule has 0 spiro atoms. The van der Waals surface area contributed by atoms with Crippen molar-refractivity contribution in [3.05, 3.63) is 29.6 Å². The molecule has 0 radical (unpaired) electrons. The highest BCUT2D eigenvalue weighted by Crippen LogP contribution is 2.05. The number of nitrogens with zero attached hydrogens (tertiary/aromatic N) is 1. The van der Waals surface area contributed by atoms with E-state index >= 15 is 0 Å². The predicted molar refractivity (Wildman–Crippen MR) is 70.0 cm³/mol. The first-order chi connectivity index (χ1) is 8.69. The van der Waals surface area contributed by atoms with Crippen LogP contribution >= 0.6 is 0 Å². The van der Waals surface area contributed by atoms with Crippen LogP contribution in [-0.2, 0) is 0 Å². The minimum Gasteiger partial charge on any atom is -0.384 e. The molecule has 0 bridgehead atoms. The number of amides is 1. The molecule has 0 fully saturated rings. The molecule has 0 aromatic carbocycles. The number of aliphatic hydroxyl groups is 1. The van der Waals surface area contributed by atoms with Gasteiger partial charge in [0.05, 0.1) is 5.56 Å². The molecule has 1 aromatic rings. The molecule has 1 rings (SSSR count). The smallest absolute Gasteiger partial charge is 0.271 e. The van der Waals surface area contributed by atoms with E-state index in [0.29, 0.717) is 11.3 Å². The standard InChI is InChI=1S/C14H18N2O2/c1-3-6-11(2)16-14(18)13-12(8-5-10-17)7-4-9-15-13/h4,7,9,11,17H,3,6,10H2,1-2H3,(H,16,18). The van der Waals surface area contributed by atoms with Gasteiger partial charge in [0, 0.05) is 12.2 Å². The lowest BCUT2D eigenvalue weighted by Gasteiger charge is -2.12. The summed E-state index contributed by atoms with van der Waals surface area (Å²) in [5.41, 5.74) is 0.842. The second-order valence-corrected chi connectivity index (χ2v) is 4.02. The maximum Gasteiger partial charge on any atom is 0.271 e. The molecule has 18 heavy (non-hydrogen) atoms. The molecular weight excluding hydrogens is 228 g/mol. The number of carbonyl (C=O) groups is 1. The van der Waals surface area contributed by atoms with Gasteiger partial charge in [-0.2, -0.15) is 0 Å². The van der Waals surface area contributed by atoms with Crippen molar-refractivity contribution in [1.29, 1.82) is 0 Å². The molecule has 2 N–H and O–H groups in total. The van der Waals surface area contributed by atoms with E-state index in [1.807, 2.05) is 6.92 Å². The van der Waals surface area contributed by atoms with E-state index in [9.17, 15) is 4.79 Å². The lowest BCUT2D eigenvalue weighted by atomic mass is 10.1. The van der Waals surface area contributed by atoms with Crippen LogP contribution in [0.25, 0.3) is 0 Å². The molecule has 1 heterocycles. The van der Waals surface area contributed by atoms with Crippen LogP contribution < -0.4 is 5.32 Å². The van der Waals surface area contributed by atoms with Crippen molar-refractivity contribution >= 4 is 5.91 Å². The van der Waals surface area contributed by atoms with E-state index in [-0.39, 0.29) is 18.6 Å². The average Bonchev–Trinajstić information content (AvgIpc) is 2.36. The van der Waals surface area contributed by atoms with Crippen LogP contribution in [0.3, 0.4) is 0 Å². The number of aliphatic hydroxyl groups excluding tert-OH is 1. The molecule has 0 saturated heterocycles. The molecule has 0 aliphatic rings. The molecule has 1 unspecified atom stereocenters. The summed E-state index contributed by atoms with van der Waals surface area (Å²) < 4.78 is 0. The zero-order valence-electron chi connectivity index (χ0n) is 10.7. The van der Waals surface area contributed by atoms with Crippen molar-refractivity contribution in [1.82, 2.24) is 10.3 Å². The third-order valence-corrected chi connectivity index (χ3v) is 2.42. The molecule has 1 atom stereocenters. The van der Waals surface area contributed by atoms with Crippen LogP contribution in [0.4, 0.5) is 0 Å². The Hall–Kier alpha value is -1.86.